The zero-order chi connectivity index (χ0) is 20.5. The molecule has 0 spiro atoms. The maximum Gasteiger partial charge on any atom is 0.331 e. The van der Waals surface area contributed by atoms with Gasteiger partial charge in [-0.3, -0.25) is 4.79 Å². The highest BCUT2D eigenvalue weighted by Crippen LogP contribution is 2.28. The van der Waals surface area contributed by atoms with Crippen molar-refractivity contribution < 1.29 is 28.5 Å². The first-order valence-corrected chi connectivity index (χ1v) is 8.52. The van der Waals surface area contributed by atoms with Crippen molar-refractivity contribution in [1.82, 2.24) is 0 Å². The number of amides is 1. The van der Waals surface area contributed by atoms with E-state index in [1.54, 1.807) is 62.8 Å². The monoisotopic (exact) mass is 385 g/mol. The van der Waals surface area contributed by atoms with Crippen molar-refractivity contribution in [2.24, 2.45) is 0 Å². The summed E-state index contributed by atoms with van der Waals surface area (Å²) in [5.41, 5.74) is 1.31. The number of methoxy groups -OCH3 is 3. The summed E-state index contributed by atoms with van der Waals surface area (Å²) in [5, 5.41) is 2.67. The topological polar surface area (TPSA) is 83.1 Å². The van der Waals surface area contributed by atoms with Crippen LogP contribution in [0.25, 0.3) is 6.08 Å². The number of anilines is 1. The first-order chi connectivity index (χ1) is 13.5. The number of nitrogens with one attached hydrogen (secondary N) is 1. The standard InChI is InChI=1S/C21H23NO6/c1-14(21(24)22-16-7-9-17(25-2)10-8-16)28-20(23)12-6-15-5-11-18(26-3)19(13-15)27-4/h5-14H,1-4H3,(H,22,24)/b12-6+/t14-/m1/s1. The first-order valence-electron chi connectivity index (χ1n) is 8.52. The van der Waals surface area contributed by atoms with E-state index in [4.69, 9.17) is 18.9 Å². The lowest BCUT2D eigenvalue weighted by Gasteiger charge is -2.12. The van der Waals surface area contributed by atoms with E-state index in [0.29, 0.717) is 22.9 Å². The molecule has 0 aliphatic rings. The van der Waals surface area contributed by atoms with Crippen LogP contribution in [0.5, 0.6) is 17.2 Å². The van der Waals surface area contributed by atoms with Crippen molar-refractivity contribution in [2.75, 3.05) is 26.6 Å². The molecule has 1 amide bonds. The third kappa shape index (κ3) is 5.77. The molecule has 0 heterocycles. The van der Waals surface area contributed by atoms with Crippen molar-refractivity contribution in [3.05, 3.63) is 54.1 Å². The number of benzene rings is 2. The number of carbonyl (C=O) groups is 2. The lowest BCUT2D eigenvalue weighted by molar-refractivity contribution is -0.148. The van der Waals surface area contributed by atoms with E-state index in [0.717, 1.165) is 5.56 Å². The molecule has 0 unspecified atom stereocenters. The predicted octanol–water partition coefficient (Wildman–Crippen LogP) is 3.30. The molecule has 0 fully saturated rings. The van der Waals surface area contributed by atoms with E-state index in [-0.39, 0.29) is 0 Å². The summed E-state index contributed by atoms with van der Waals surface area (Å²) in [6.45, 7) is 1.50. The molecule has 7 heteroatoms. The Morgan fingerprint density at radius 1 is 0.929 bits per heavy atom. The lowest BCUT2D eigenvalue weighted by Crippen LogP contribution is -2.29. The minimum atomic E-state index is -0.954. The van der Waals surface area contributed by atoms with Gasteiger partial charge >= 0.3 is 5.97 Å². The van der Waals surface area contributed by atoms with Gasteiger partial charge < -0.3 is 24.3 Å². The molecule has 2 aromatic rings. The molecule has 0 saturated heterocycles. The van der Waals surface area contributed by atoms with Gasteiger partial charge in [0.15, 0.2) is 17.6 Å². The highest BCUT2D eigenvalue weighted by Gasteiger charge is 2.16. The fourth-order valence-electron chi connectivity index (χ4n) is 2.31. The minimum absolute atomic E-state index is 0.432. The average Bonchev–Trinajstić information content (AvgIpc) is 2.72. The molecule has 0 radical (unpaired) electrons. The molecular formula is C21H23NO6. The number of ether oxygens (including phenoxy) is 4. The third-order valence-corrected chi connectivity index (χ3v) is 3.84. The SMILES string of the molecule is COc1ccc(NC(=O)[C@@H](C)OC(=O)/C=C/c2ccc(OC)c(OC)c2)cc1. The number of carbonyl (C=O) groups excluding carboxylic acids is 2. The lowest BCUT2D eigenvalue weighted by atomic mass is 10.2. The number of hydrogen-bond donors (Lipinski definition) is 1. The van der Waals surface area contributed by atoms with Crippen molar-refractivity contribution in [2.45, 2.75) is 13.0 Å². The Bertz CT molecular complexity index is 844. The Hall–Kier alpha value is -3.48. The molecule has 0 bridgehead atoms. The molecule has 148 valence electrons. The molecule has 7 nitrogen and oxygen atoms in total. The van der Waals surface area contributed by atoms with Crippen LogP contribution >= 0.6 is 0 Å². The molecule has 0 aromatic heterocycles. The largest absolute Gasteiger partial charge is 0.497 e. The molecule has 1 atom stereocenters. The van der Waals surface area contributed by atoms with E-state index in [9.17, 15) is 9.59 Å². The van der Waals surface area contributed by atoms with Gasteiger partial charge in [-0.05, 0) is 55.0 Å². The normalized spacial score (nSPS) is 11.6. The van der Waals surface area contributed by atoms with Gasteiger partial charge in [-0.15, -0.1) is 0 Å². The summed E-state index contributed by atoms with van der Waals surface area (Å²) in [4.78, 5) is 24.1. The molecule has 2 aromatic carbocycles. The van der Waals surface area contributed by atoms with E-state index in [2.05, 4.69) is 5.32 Å². The van der Waals surface area contributed by atoms with Crippen molar-refractivity contribution >= 4 is 23.6 Å². The van der Waals surface area contributed by atoms with Gasteiger partial charge in [0, 0.05) is 11.8 Å². The molecule has 0 aliphatic carbocycles. The Labute approximate surface area is 163 Å². The smallest absolute Gasteiger partial charge is 0.331 e. The quantitative estimate of drug-likeness (QED) is 0.555. The van der Waals surface area contributed by atoms with E-state index in [1.807, 2.05) is 0 Å². The number of hydrogen-bond acceptors (Lipinski definition) is 6. The van der Waals surface area contributed by atoms with Crippen LogP contribution in [0.2, 0.25) is 0 Å². The summed E-state index contributed by atoms with van der Waals surface area (Å²) >= 11 is 0. The Morgan fingerprint density at radius 2 is 1.61 bits per heavy atom. The molecule has 28 heavy (non-hydrogen) atoms. The first kappa shape index (κ1) is 20.8. The number of esters is 1. The third-order valence-electron chi connectivity index (χ3n) is 3.84. The molecular weight excluding hydrogens is 362 g/mol. The van der Waals surface area contributed by atoms with Gasteiger partial charge in [0.25, 0.3) is 5.91 Å². The Morgan fingerprint density at radius 3 is 2.21 bits per heavy atom. The second-order valence-electron chi connectivity index (χ2n) is 5.74. The highest BCUT2D eigenvalue weighted by molar-refractivity contribution is 5.96. The van der Waals surface area contributed by atoms with E-state index >= 15 is 0 Å². The second kappa shape index (κ2) is 10.0. The van der Waals surface area contributed by atoms with Crippen LogP contribution in [-0.2, 0) is 14.3 Å². The zero-order valence-electron chi connectivity index (χ0n) is 16.2. The van der Waals surface area contributed by atoms with Crippen molar-refractivity contribution in [1.29, 1.82) is 0 Å². The second-order valence-corrected chi connectivity index (χ2v) is 5.74. The maximum atomic E-state index is 12.2. The highest BCUT2D eigenvalue weighted by atomic mass is 16.5. The molecule has 2 rings (SSSR count). The van der Waals surface area contributed by atoms with E-state index < -0.39 is 18.0 Å². The van der Waals surface area contributed by atoms with Crippen LogP contribution in [0.1, 0.15) is 12.5 Å². The average molecular weight is 385 g/mol. The summed E-state index contributed by atoms with van der Waals surface area (Å²) in [7, 11) is 4.64. The summed E-state index contributed by atoms with van der Waals surface area (Å²) in [6.07, 6.45) is 1.86. The maximum absolute atomic E-state index is 12.2. The Balaban J connectivity index is 1.92. The van der Waals surface area contributed by atoms with Gasteiger partial charge in [-0.25, -0.2) is 4.79 Å². The van der Waals surface area contributed by atoms with Crippen LogP contribution in [0.3, 0.4) is 0 Å². The molecule has 0 aliphatic heterocycles. The summed E-state index contributed by atoms with van der Waals surface area (Å²) < 4.78 is 20.6. The van der Waals surface area contributed by atoms with Gasteiger partial charge in [-0.2, -0.15) is 0 Å². The minimum Gasteiger partial charge on any atom is -0.497 e. The fraction of sp³-hybridized carbons (Fsp3) is 0.238. The fourth-order valence-corrected chi connectivity index (χ4v) is 2.31. The van der Waals surface area contributed by atoms with Crippen LogP contribution in [0.15, 0.2) is 48.5 Å². The van der Waals surface area contributed by atoms with Gasteiger partial charge in [0.2, 0.25) is 0 Å². The van der Waals surface area contributed by atoms with Crippen molar-refractivity contribution in [3.8, 4) is 17.2 Å². The summed E-state index contributed by atoms with van der Waals surface area (Å²) in [5.74, 6) is 0.749. The Kier molecular flexibility index (Phi) is 7.45. The van der Waals surface area contributed by atoms with Crippen LogP contribution < -0.4 is 19.5 Å². The van der Waals surface area contributed by atoms with Gasteiger partial charge in [0.05, 0.1) is 21.3 Å². The van der Waals surface area contributed by atoms with E-state index in [1.165, 1.54) is 20.1 Å². The van der Waals surface area contributed by atoms with Gasteiger partial charge in [0.1, 0.15) is 5.75 Å². The number of rotatable bonds is 8. The van der Waals surface area contributed by atoms with Crippen molar-refractivity contribution in [3.63, 3.8) is 0 Å². The van der Waals surface area contributed by atoms with Crippen LogP contribution in [-0.4, -0.2) is 39.3 Å². The predicted molar refractivity (Wildman–Crippen MR) is 106 cm³/mol. The van der Waals surface area contributed by atoms with Crippen LogP contribution in [0, 0.1) is 0 Å². The molecule has 0 saturated carbocycles. The van der Waals surface area contributed by atoms with Crippen LogP contribution in [0.4, 0.5) is 5.69 Å². The zero-order valence-corrected chi connectivity index (χ0v) is 16.2. The molecule has 1 N–H and O–H groups in total. The summed E-state index contributed by atoms with van der Waals surface area (Å²) in [6, 6.07) is 12.1. The van der Waals surface area contributed by atoms with Gasteiger partial charge in [-0.1, -0.05) is 6.07 Å².